The highest BCUT2D eigenvalue weighted by Crippen LogP contribution is 2.08. The quantitative estimate of drug-likeness (QED) is 0.506. The van der Waals surface area contributed by atoms with Gasteiger partial charge in [-0.25, -0.2) is 4.79 Å². The number of imide groups is 2. The Balaban J connectivity index is 2.90. The average Bonchev–Trinajstić information content (AvgIpc) is 2.14. The van der Waals surface area contributed by atoms with E-state index in [2.05, 4.69) is 0 Å². The van der Waals surface area contributed by atoms with E-state index in [0.29, 0.717) is 0 Å². The number of urea groups is 1. The predicted molar refractivity (Wildman–Crippen MR) is 40.2 cm³/mol. The zero-order valence-corrected chi connectivity index (χ0v) is 7.03. The van der Waals surface area contributed by atoms with Crippen LogP contribution < -0.4 is 0 Å². The third-order valence-electron chi connectivity index (χ3n) is 1.87. The van der Waals surface area contributed by atoms with Gasteiger partial charge in [-0.15, -0.1) is 0 Å². The molecule has 0 saturated carbocycles. The van der Waals surface area contributed by atoms with Crippen molar-refractivity contribution in [3.05, 3.63) is 0 Å². The number of hydrogen-bond donors (Lipinski definition) is 0. The van der Waals surface area contributed by atoms with Crippen molar-refractivity contribution in [1.82, 2.24) is 9.80 Å². The minimum absolute atomic E-state index is 0.116. The molecular weight excluding hydrogens is 160 g/mol. The average molecular weight is 170 g/mol. The molecule has 0 aromatic heterocycles. The molecule has 1 fully saturated rings. The van der Waals surface area contributed by atoms with Crippen molar-refractivity contribution in [1.29, 1.82) is 0 Å². The van der Waals surface area contributed by atoms with E-state index in [1.54, 1.807) is 0 Å². The Labute approximate surface area is 69.9 Å². The number of rotatable bonds is 0. The molecule has 0 atom stereocenters. The van der Waals surface area contributed by atoms with Gasteiger partial charge in [-0.3, -0.25) is 19.4 Å². The van der Waals surface area contributed by atoms with Gasteiger partial charge in [0.25, 0.3) is 0 Å². The van der Waals surface area contributed by atoms with Crippen LogP contribution in [0.15, 0.2) is 0 Å². The number of amides is 4. The Hall–Kier alpha value is -1.39. The fourth-order valence-electron chi connectivity index (χ4n) is 0.988. The summed E-state index contributed by atoms with van der Waals surface area (Å²) in [6.45, 7) is 0. The lowest BCUT2D eigenvalue weighted by atomic mass is 10.3. The lowest BCUT2D eigenvalue weighted by molar-refractivity contribution is -0.129. The van der Waals surface area contributed by atoms with E-state index in [9.17, 15) is 14.4 Å². The summed E-state index contributed by atoms with van der Waals surface area (Å²) in [4.78, 5) is 35.2. The van der Waals surface area contributed by atoms with Crippen molar-refractivity contribution in [2.24, 2.45) is 0 Å². The van der Waals surface area contributed by atoms with Gasteiger partial charge < -0.3 is 0 Å². The van der Waals surface area contributed by atoms with E-state index in [4.69, 9.17) is 0 Å². The maximum Gasteiger partial charge on any atom is 0.332 e. The van der Waals surface area contributed by atoms with Gasteiger partial charge in [0.15, 0.2) is 0 Å². The van der Waals surface area contributed by atoms with Crippen LogP contribution in [-0.2, 0) is 9.59 Å². The topological polar surface area (TPSA) is 57.7 Å². The predicted octanol–water partition coefficient (Wildman–Crippen LogP) is -0.183. The third-order valence-corrected chi connectivity index (χ3v) is 1.87. The molecule has 0 aromatic rings. The smallest absolute Gasteiger partial charge is 0.274 e. The maximum absolute atomic E-state index is 11.2. The normalized spacial score (nSPS) is 20.0. The summed E-state index contributed by atoms with van der Waals surface area (Å²) in [6.07, 6.45) is 0.233. The number of nitrogens with zero attached hydrogens (tertiary/aromatic N) is 2. The molecule has 1 aliphatic heterocycles. The molecule has 1 aliphatic rings. The Morgan fingerprint density at radius 2 is 1.25 bits per heavy atom. The maximum atomic E-state index is 11.2. The van der Waals surface area contributed by atoms with Crippen LogP contribution in [0.5, 0.6) is 0 Å². The molecule has 1 heterocycles. The van der Waals surface area contributed by atoms with Crippen LogP contribution in [-0.4, -0.2) is 41.7 Å². The lowest BCUT2D eigenvalue weighted by Crippen LogP contribution is -2.41. The first-order valence-corrected chi connectivity index (χ1v) is 3.61. The van der Waals surface area contributed by atoms with Gasteiger partial charge in [0.2, 0.25) is 11.8 Å². The molecule has 1 saturated heterocycles. The zero-order chi connectivity index (χ0) is 9.30. The minimum atomic E-state index is -0.553. The molecule has 0 N–H and O–H groups in total. The molecule has 0 spiro atoms. The van der Waals surface area contributed by atoms with Gasteiger partial charge in [-0.1, -0.05) is 0 Å². The molecular formula is C7H10N2O3. The zero-order valence-electron chi connectivity index (χ0n) is 7.03. The van der Waals surface area contributed by atoms with Crippen LogP contribution >= 0.6 is 0 Å². The third kappa shape index (κ3) is 1.30. The highest BCUT2D eigenvalue weighted by atomic mass is 16.2. The molecule has 5 heteroatoms. The summed E-state index contributed by atoms with van der Waals surface area (Å²) in [6, 6.07) is -0.553. The Bertz CT molecular complexity index is 225. The molecule has 12 heavy (non-hydrogen) atoms. The van der Waals surface area contributed by atoms with Gasteiger partial charge in [0.1, 0.15) is 0 Å². The van der Waals surface area contributed by atoms with E-state index < -0.39 is 6.03 Å². The van der Waals surface area contributed by atoms with Crippen molar-refractivity contribution in [2.45, 2.75) is 12.8 Å². The van der Waals surface area contributed by atoms with Gasteiger partial charge in [-0.2, -0.15) is 0 Å². The van der Waals surface area contributed by atoms with Crippen molar-refractivity contribution >= 4 is 17.8 Å². The molecule has 0 bridgehead atoms. The second-order valence-corrected chi connectivity index (χ2v) is 2.69. The van der Waals surface area contributed by atoms with Crippen LogP contribution in [0.1, 0.15) is 12.8 Å². The molecule has 0 aromatic carbocycles. The summed E-state index contributed by atoms with van der Waals surface area (Å²) in [5.41, 5.74) is 0. The van der Waals surface area contributed by atoms with E-state index in [1.165, 1.54) is 14.1 Å². The monoisotopic (exact) mass is 170 g/mol. The first-order valence-electron chi connectivity index (χ1n) is 3.61. The standard InChI is InChI=1S/C7H10N2O3/c1-8-5(10)3-4-6(11)9(2)7(8)12/h3-4H2,1-2H3. The van der Waals surface area contributed by atoms with Gasteiger partial charge >= 0.3 is 6.03 Å². The SMILES string of the molecule is CN1C(=O)CCC(=O)N(C)C1=O. The summed E-state index contributed by atoms with van der Waals surface area (Å²) >= 11 is 0. The van der Waals surface area contributed by atoms with Gasteiger partial charge in [-0.05, 0) is 0 Å². The Morgan fingerprint density at radius 3 is 1.58 bits per heavy atom. The molecule has 5 nitrogen and oxygen atoms in total. The largest absolute Gasteiger partial charge is 0.332 e. The molecule has 1 rings (SSSR count). The molecule has 0 aliphatic carbocycles. The van der Waals surface area contributed by atoms with Crippen LogP contribution in [0.3, 0.4) is 0 Å². The summed E-state index contributed by atoms with van der Waals surface area (Å²) in [5, 5.41) is 0. The number of carbonyl (C=O) groups excluding carboxylic acids is 3. The van der Waals surface area contributed by atoms with Crippen molar-refractivity contribution < 1.29 is 14.4 Å². The van der Waals surface area contributed by atoms with Crippen molar-refractivity contribution in [3.63, 3.8) is 0 Å². The second-order valence-electron chi connectivity index (χ2n) is 2.69. The second kappa shape index (κ2) is 2.92. The van der Waals surface area contributed by atoms with Crippen LogP contribution in [0, 0.1) is 0 Å². The molecule has 0 radical (unpaired) electrons. The molecule has 66 valence electrons. The first-order chi connectivity index (χ1) is 5.54. The van der Waals surface area contributed by atoms with Crippen molar-refractivity contribution in [2.75, 3.05) is 14.1 Å². The van der Waals surface area contributed by atoms with E-state index in [1.807, 2.05) is 0 Å². The Kier molecular flexibility index (Phi) is 2.12. The Morgan fingerprint density at radius 1 is 0.917 bits per heavy atom. The van der Waals surface area contributed by atoms with Crippen LogP contribution in [0.4, 0.5) is 4.79 Å². The van der Waals surface area contributed by atoms with Crippen LogP contribution in [0.25, 0.3) is 0 Å². The highest BCUT2D eigenvalue weighted by Gasteiger charge is 2.28. The summed E-state index contributed by atoms with van der Waals surface area (Å²) < 4.78 is 0. The lowest BCUT2D eigenvalue weighted by Gasteiger charge is -2.17. The molecule has 0 unspecified atom stereocenters. The van der Waals surface area contributed by atoms with E-state index >= 15 is 0 Å². The highest BCUT2D eigenvalue weighted by molar-refractivity contribution is 6.05. The number of carbonyl (C=O) groups is 3. The van der Waals surface area contributed by atoms with Gasteiger partial charge in [0.05, 0.1) is 0 Å². The molecule has 4 amide bonds. The van der Waals surface area contributed by atoms with E-state index in [0.717, 1.165) is 9.80 Å². The minimum Gasteiger partial charge on any atom is -0.274 e. The van der Waals surface area contributed by atoms with Crippen LogP contribution in [0.2, 0.25) is 0 Å². The summed E-state index contributed by atoms with van der Waals surface area (Å²) in [7, 11) is 2.75. The summed E-state index contributed by atoms with van der Waals surface area (Å²) in [5.74, 6) is -0.615. The van der Waals surface area contributed by atoms with Gasteiger partial charge in [0, 0.05) is 26.9 Å². The number of hydrogen-bond acceptors (Lipinski definition) is 3. The van der Waals surface area contributed by atoms with E-state index in [-0.39, 0.29) is 24.7 Å². The fourth-order valence-corrected chi connectivity index (χ4v) is 0.988. The van der Waals surface area contributed by atoms with Crippen molar-refractivity contribution in [3.8, 4) is 0 Å². The fraction of sp³-hybridized carbons (Fsp3) is 0.571. The first kappa shape index (κ1) is 8.70.